The number of halogens is 1. The van der Waals surface area contributed by atoms with E-state index in [1.165, 1.54) is 33.6 Å². The zero-order valence-corrected chi connectivity index (χ0v) is 21.9. The molecule has 1 aromatic heterocycles. The highest BCUT2D eigenvalue weighted by Crippen LogP contribution is 2.26. The fourth-order valence-corrected chi connectivity index (χ4v) is 5.18. The predicted octanol–water partition coefficient (Wildman–Crippen LogP) is 4.41. The van der Waals surface area contributed by atoms with Gasteiger partial charge < -0.3 is 19.6 Å². The standard InChI is InChI=1S/C27H34ClN7/c1-19-5-7-21(3)23(17-19)32-9-13-34(14-10-32)26-29-25(28)30-27(31-26)35-15-11-33(12-16-35)24-18-20(2)6-8-22(24)4/h5-8,17-18H,9-16H2,1-4H3. The molecule has 3 aromatic rings. The quantitative estimate of drug-likeness (QED) is 0.535. The molecule has 2 aliphatic heterocycles. The topological polar surface area (TPSA) is 51.6 Å². The van der Waals surface area contributed by atoms with Crippen molar-refractivity contribution < 1.29 is 0 Å². The molecule has 0 atom stereocenters. The SMILES string of the molecule is Cc1ccc(C)c(N2CCN(c3nc(Cl)nc(N4CCN(c5cc(C)ccc5C)CC4)n3)CC2)c1. The van der Waals surface area contributed by atoms with E-state index in [2.05, 4.69) is 93.7 Å². The van der Waals surface area contributed by atoms with Gasteiger partial charge in [0.15, 0.2) is 0 Å². The summed E-state index contributed by atoms with van der Waals surface area (Å²) in [6.45, 7) is 15.8. The maximum absolute atomic E-state index is 6.38. The number of piperazine rings is 2. The number of aryl methyl sites for hydroxylation is 4. The average Bonchev–Trinajstić information content (AvgIpc) is 2.87. The summed E-state index contributed by atoms with van der Waals surface area (Å²) in [4.78, 5) is 23.2. The summed E-state index contributed by atoms with van der Waals surface area (Å²) in [5, 5.41) is 0.263. The Bertz CT molecular complexity index is 1110. The van der Waals surface area contributed by atoms with Crippen LogP contribution in [-0.4, -0.2) is 67.3 Å². The first-order valence-electron chi connectivity index (χ1n) is 12.4. The van der Waals surface area contributed by atoms with E-state index in [0.29, 0.717) is 11.9 Å². The molecule has 2 aliphatic rings. The molecule has 2 aromatic carbocycles. The molecule has 35 heavy (non-hydrogen) atoms. The average molecular weight is 492 g/mol. The van der Waals surface area contributed by atoms with Crippen LogP contribution in [0.5, 0.6) is 0 Å². The molecular formula is C27H34ClN7. The highest BCUT2D eigenvalue weighted by Gasteiger charge is 2.25. The van der Waals surface area contributed by atoms with Gasteiger partial charge in [0.25, 0.3) is 0 Å². The number of rotatable bonds is 4. The van der Waals surface area contributed by atoms with Crippen LogP contribution in [0.1, 0.15) is 22.3 Å². The van der Waals surface area contributed by atoms with Crippen molar-refractivity contribution in [3.8, 4) is 0 Å². The van der Waals surface area contributed by atoms with Crippen molar-refractivity contribution in [3.05, 3.63) is 63.9 Å². The van der Waals surface area contributed by atoms with Gasteiger partial charge in [-0.25, -0.2) is 0 Å². The van der Waals surface area contributed by atoms with Crippen molar-refractivity contribution in [1.82, 2.24) is 15.0 Å². The molecule has 0 aliphatic carbocycles. The number of hydrogen-bond acceptors (Lipinski definition) is 7. The summed E-state index contributed by atoms with van der Waals surface area (Å²) in [7, 11) is 0. The second-order valence-electron chi connectivity index (χ2n) is 9.73. The van der Waals surface area contributed by atoms with Gasteiger partial charge in [-0.15, -0.1) is 0 Å². The van der Waals surface area contributed by atoms with Crippen molar-refractivity contribution in [2.45, 2.75) is 27.7 Å². The van der Waals surface area contributed by atoms with Crippen molar-refractivity contribution >= 4 is 34.9 Å². The van der Waals surface area contributed by atoms with E-state index >= 15 is 0 Å². The number of anilines is 4. The summed E-state index contributed by atoms with van der Waals surface area (Å²) < 4.78 is 0. The van der Waals surface area contributed by atoms with Crippen LogP contribution in [0.3, 0.4) is 0 Å². The predicted molar refractivity (Wildman–Crippen MR) is 146 cm³/mol. The summed E-state index contributed by atoms with van der Waals surface area (Å²) in [5.74, 6) is 1.36. The molecule has 0 bridgehead atoms. The molecule has 0 unspecified atom stereocenters. The Labute approximate surface area is 213 Å². The number of aromatic nitrogens is 3. The minimum absolute atomic E-state index is 0.263. The first kappa shape index (κ1) is 23.7. The van der Waals surface area contributed by atoms with Gasteiger partial charge in [-0.1, -0.05) is 24.3 Å². The van der Waals surface area contributed by atoms with Gasteiger partial charge in [0.1, 0.15) is 0 Å². The Kier molecular flexibility index (Phi) is 6.69. The molecule has 0 amide bonds. The Morgan fingerprint density at radius 2 is 0.914 bits per heavy atom. The largest absolute Gasteiger partial charge is 0.368 e. The molecular weight excluding hydrogens is 458 g/mol. The molecule has 184 valence electrons. The van der Waals surface area contributed by atoms with Crippen molar-refractivity contribution in [1.29, 1.82) is 0 Å². The van der Waals surface area contributed by atoms with E-state index in [-0.39, 0.29) is 5.28 Å². The summed E-state index contributed by atoms with van der Waals surface area (Å²) >= 11 is 6.38. The monoisotopic (exact) mass is 491 g/mol. The van der Waals surface area contributed by atoms with Crippen molar-refractivity contribution in [2.24, 2.45) is 0 Å². The normalized spacial score (nSPS) is 16.7. The lowest BCUT2D eigenvalue weighted by atomic mass is 10.1. The number of benzene rings is 2. The van der Waals surface area contributed by atoms with E-state index in [1.54, 1.807) is 0 Å². The Balaban J connectivity index is 1.25. The molecule has 8 heteroatoms. The molecule has 5 rings (SSSR count). The molecule has 0 N–H and O–H groups in total. The fourth-order valence-electron chi connectivity index (χ4n) is 5.03. The summed E-state index contributed by atoms with van der Waals surface area (Å²) in [6, 6.07) is 13.3. The maximum Gasteiger partial charge on any atom is 0.231 e. The van der Waals surface area contributed by atoms with Crippen LogP contribution in [0.4, 0.5) is 23.3 Å². The third-order valence-corrected chi connectivity index (χ3v) is 7.29. The Morgan fingerprint density at radius 1 is 0.543 bits per heavy atom. The van der Waals surface area contributed by atoms with E-state index in [4.69, 9.17) is 16.6 Å². The van der Waals surface area contributed by atoms with Crippen LogP contribution >= 0.6 is 11.6 Å². The zero-order valence-electron chi connectivity index (χ0n) is 21.1. The lowest BCUT2D eigenvalue weighted by Crippen LogP contribution is -2.48. The van der Waals surface area contributed by atoms with Crippen LogP contribution < -0.4 is 19.6 Å². The van der Waals surface area contributed by atoms with Crippen LogP contribution in [0.2, 0.25) is 5.28 Å². The van der Waals surface area contributed by atoms with Gasteiger partial charge in [0, 0.05) is 63.7 Å². The smallest absolute Gasteiger partial charge is 0.231 e. The molecule has 2 saturated heterocycles. The zero-order chi connectivity index (χ0) is 24.5. The van der Waals surface area contributed by atoms with Crippen LogP contribution in [0.15, 0.2) is 36.4 Å². The summed E-state index contributed by atoms with van der Waals surface area (Å²) in [5.41, 5.74) is 7.85. The third-order valence-electron chi connectivity index (χ3n) is 7.12. The first-order chi connectivity index (χ1) is 16.9. The Morgan fingerprint density at radius 3 is 1.31 bits per heavy atom. The number of nitrogens with zero attached hydrogens (tertiary/aromatic N) is 7. The van der Waals surface area contributed by atoms with E-state index in [0.717, 1.165) is 52.4 Å². The Hall–Kier alpha value is -3.06. The van der Waals surface area contributed by atoms with Crippen LogP contribution in [0.25, 0.3) is 0 Å². The van der Waals surface area contributed by atoms with E-state index in [1.807, 2.05) is 0 Å². The molecule has 3 heterocycles. The van der Waals surface area contributed by atoms with Gasteiger partial charge in [0.05, 0.1) is 0 Å². The van der Waals surface area contributed by atoms with Crippen LogP contribution in [0, 0.1) is 27.7 Å². The maximum atomic E-state index is 6.38. The number of hydrogen-bond donors (Lipinski definition) is 0. The molecule has 0 saturated carbocycles. The van der Waals surface area contributed by atoms with Crippen molar-refractivity contribution in [3.63, 3.8) is 0 Å². The second-order valence-corrected chi connectivity index (χ2v) is 10.1. The minimum Gasteiger partial charge on any atom is -0.368 e. The fraction of sp³-hybridized carbons (Fsp3) is 0.444. The second kappa shape index (κ2) is 9.90. The molecule has 2 fully saturated rings. The lowest BCUT2D eigenvalue weighted by molar-refractivity contribution is 0.622. The van der Waals surface area contributed by atoms with E-state index < -0.39 is 0 Å². The van der Waals surface area contributed by atoms with Crippen molar-refractivity contribution in [2.75, 3.05) is 72.0 Å². The highest BCUT2D eigenvalue weighted by molar-refractivity contribution is 6.28. The molecule has 0 spiro atoms. The minimum atomic E-state index is 0.263. The van der Waals surface area contributed by atoms with E-state index in [9.17, 15) is 0 Å². The van der Waals surface area contributed by atoms with Gasteiger partial charge in [-0.05, 0) is 73.7 Å². The van der Waals surface area contributed by atoms with Gasteiger partial charge in [-0.3, -0.25) is 0 Å². The highest BCUT2D eigenvalue weighted by atomic mass is 35.5. The third kappa shape index (κ3) is 5.15. The van der Waals surface area contributed by atoms with Gasteiger partial charge >= 0.3 is 0 Å². The molecule has 0 radical (unpaired) electrons. The molecule has 7 nitrogen and oxygen atoms in total. The van der Waals surface area contributed by atoms with Gasteiger partial charge in [-0.2, -0.15) is 15.0 Å². The lowest BCUT2D eigenvalue weighted by Gasteiger charge is -2.38. The van der Waals surface area contributed by atoms with Gasteiger partial charge in [0.2, 0.25) is 17.2 Å². The first-order valence-corrected chi connectivity index (χ1v) is 12.8. The van der Waals surface area contributed by atoms with Crippen LogP contribution in [-0.2, 0) is 0 Å². The summed E-state index contributed by atoms with van der Waals surface area (Å²) in [6.07, 6.45) is 0.